The number of piperazine rings is 1. The van der Waals surface area contributed by atoms with Gasteiger partial charge in [0.2, 0.25) is 0 Å². The van der Waals surface area contributed by atoms with Crippen LogP contribution in [0, 0.1) is 5.82 Å². The molecule has 1 aliphatic heterocycles. The summed E-state index contributed by atoms with van der Waals surface area (Å²) < 4.78 is 12.9. The molecule has 0 aliphatic carbocycles. The molecule has 1 aromatic carbocycles. The number of nitrogens with zero attached hydrogens (tertiary/aromatic N) is 2. The van der Waals surface area contributed by atoms with Gasteiger partial charge in [-0.1, -0.05) is 12.1 Å². The Morgan fingerprint density at radius 2 is 2.23 bits per heavy atom. The molecule has 2 heterocycles. The number of aromatic nitrogens is 1. The SMILES string of the molecule is C[C@@H]1CN(C(=O)c2cnc(Cc3ccc(F)cc3)s2)CCN1. The fraction of sp³-hybridized carbons (Fsp3) is 0.375. The first-order chi connectivity index (χ1) is 10.6. The highest BCUT2D eigenvalue weighted by Crippen LogP contribution is 2.19. The van der Waals surface area contributed by atoms with Crippen molar-refractivity contribution in [3.8, 4) is 0 Å². The van der Waals surface area contributed by atoms with Crippen LogP contribution >= 0.6 is 11.3 Å². The van der Waals surface area contributed by atoms with Crippen LogP contribution in [0.1, 0.15) is 27.2 Å². The molecular formula is C16H18FN3OS. The fourth-order valence-electron chi connectivity index (χ4n) is 2.54. The zero-order valence-corrected chi connectivity index (χ0v) is 13.2. The van der Waals surface area contributed by atoms with E-state index >= 15 is 0 Å². The number of rotatable bonds is 3. The lowest BCUT2D eigenvalue weighted by Gasteiger charge is -2.31. The third kappa shape index (κ3) is 3.51. The number of hydrogen-bond donors (Lipinski definition) is 1. The molecule has 1 atom stereocenters. The van der Waals surface area contributed by atoms with E-state index in [4.69, 9.17) is 0 Å². The van der Waals surface area contributed by atoms with Crippen LogP contribution in [0.4, 0.5) is 4.39 Å². The molecule has 116 valence electrons. The van der Waals surface area contributed by atoms with Crippen molar-refractivity contribution in [2.75, 3.05) is 19.6 Å². The summed E-state index contributed by atoms with van der Waals surface area (Å²) in [6.07, 6.45) is 2.27. The first kappa shape index (κ1) is 15.1. The molecular weight excluding hydrogens is 301 g/mol. The second kappa shape index (κ2) is 6.54. The van der Waals surface area contributed by atoms with Crippen molar-refractivity contribution in [3.63, 3.8) is 0 Å². The molecule has 22 heavy (non-hydrogen) atoms. The smallest absolute Gasteiger partial charge is 0.265 e. The van der Waals surface area contributed by atoms with E-state index in [1.165, 1.54) is 23.5 Å². The summed E-state index contributed by atoms with van der Waals surface area (Å²) in [5.74, 6) is -0.192. The van der Waals surface area contributed by atoms with E-state index < -0.39 is 0 Å². The molecule has 1 amide bonds. The Hall–Kier alpha value is -1.79. The molecule has 1 aliphatic rings. The average Bonchev–Trinajstić information content (AvgIpc) is 2.97. The molecule has 1 saturated heterocycles. The van der Waals surface area contributed by atoms with E-state index in [2.05, 4.69) is 17.2 Å². The average molecular weight is 319 g/mol. The first-order valence-electron chi connectivity index (χ1n) is 7.33. The van der Waals surface area contributed by atoms with Gasteiger partial charge >= 0.3 is 0 Å². The normalized spacial score (nSPS) is 18.5. The zero-order chi connectivity index (χ0) is 15.5. The molecule has 3 rings (SSSR count). The Morgan fingerprint density at radius 3 is 2.95 bits per heavy atom. The van der Waals surface area contributed by atoms with Crippen LogP contribution < -0.4 is 5.32 Å². The molecule has 2 aromatic rings. The molecule has 0 bridgehead atoms. The summed E-state index contributed by atoms with van der Waals surface area (Å²) in [5, 5.41) is 4.20. The highest BCUT2D eigenvalue weighted by molar-refractivity contribution is 7.13. The van der Waals surface area contributed by atoms with Gasteiger partial charge in [0, 0.05) is 32.1 Å². The number of carbonyl (C=O) groups excluding carboxylic acids is 1. The maximum atomic E-state index is 12.9. The van der Waals surface area contributed by atoms with Gasteiger partial charge in [-0.05, 0) is 24.6 Å². The Morgan fingerprint density at radius 1 is 1.45 bits per heavy atom. The number of thiazole rings is 1. The van der Waals surface area contributed by atoms with Crippen molar-refractivity contribution in [3.05, 3.63) is 51.7 Å². The lowest BCUT2D eigenvalue weighted by molar-refractivity contribution is 0.0714. The lowest BCUT2D eigenvalue weighted by atomic mass is 10.2. The van der Waals surface area contributed by atoms with Gasteiger partial charge in [0.15, 0.2) is 0 Å². The van der Waals surface area contributed by atoms with Crippen LogP contribution in [0.25, 0.3) is 0 Å². The Kier molecular flexibility index (Phi) is 4.49. The first-order valence-corrected chi connectivity index (χ1v) is 8.15. The van der Waals surface area contributed by atoms with Crippen molar-refractivity contribution in [1.29, 1.82) is 0 Å². The van der Waals surface area contributed by atoms with Gasteiger partial charge in [-0.3, -0.25) is 4.79 Å². The fourth-order valence-corrected chi connectivity index (χ4v) is 3.46. The Bertz CT molecular complexity index is 656. The van der Waals surface area contributed by atoms with Crippen LogP contribution in [0.2, 0.25) is 0 Å². The van der Waals surface area contributed by atoms with Gasteiger partial charge in [0.1, 0.15) is 10.7 Å². The number of amides is 1. The van der Waals surface area contributed by atoms with E-state index in [1.807, 2.05) is 4.90 Å². The van der Waals surface area contributed by atoms with E-state index in [9.17, 15) is 9.18 Å². The van der Waals surface area contributed by atoms with Crippen molar-refractivity contribution in [2.45, 2.75) is 19.4 Å². The molecule has 0 saturated carbocycles. The van der Waals surface area contributed by atoms with Crippen LogP contribution in [-0.4, -0.2) is 41.5 Å². The summed E-state index contributed by atoms with van der Waals surface area (Å²) in [5.41, 5.74) is 0.991. The molecule has 4 nitrogen and oxygen atoms in total. The predicted octanol–water partition coefficient (Wildman–Crippen LogP) is 2.31. The van der Waals surface area contributed by atoms with E-state index in [-0.39, 0.29) is 11.7 Å². The molecule has 1 N–H and O–H groups in total. The minimum atomic E-state index is -0.244. The van der Waals surface area contributed by atoms with Crippen molar-refractivity contribution >= 4 is 17.2 Å². The van der Waals surface area contributed by atoms with Gasteiger partial charge in [0.05, 0.1) is 11.2 Å². The lowest BCUT2D eigenvalue weighted by Crippen LogP contribution is -2.51. The number of halogens is 1. The number of carbonyl (C=O) groups is 1. The van der Waals surface area contributed by atoms with Gasteiger partial charge in [-0.25, -0.2) is 9.37 Å². The summed E-state index contributed by atoms with van der Waals surface area (Å²) in [7, 11) is 0. The van der Waals surface area contributed by atoms with Gasteiger partial charge in [-0.2, -0.15) is 0 Å². The number of hydrogen-bond acceptors (Lipinski definition) is 4. The summed E-state index contributed by atoms with van der Waals surface area (Å²) in [4.78, 5) is 19.3. The third-order valence-corrected chi connectivity index (χ3v) is 4.67. The summed E-state index contributed by atoms with van der Waals surface area (Å²) in [6, 6.07) is 6.70. The standard InChI is InChI=1S/C16H18FN3OS/c1-11-10-20(7-6-18-11)16(21)14-9-19-15(22-14)8-12-2-4-13(17)5-3-12/h2-5,9,11,18H,6-8,10H2,1H3/t11-/m1/s1. The highest BCUT2D eigenvalue weighted by atomic mass is 32.1. The van der Waals surface area contributed by atoms with Crippen LogP contribution in [-0.2, 0) is 6.42 Å². The molecule has 0 spiro atoms. The van der Waals surface area contributed by atoms with Crippen molar-refractivity contribution < 1.29 is 9.18 Å². The molecule has 6 heteroatoms. The van der Waals surface area contributed by atoms with Crippen LogP contribution in [0.15, 0.2) is 30.5 Å². The summed E-state index contributed by atoms with van der Waals surface area (Å²) in [6.45, 7) is 4.36. The second-order valence-electron chi connectivity index (χ2n) is 5.53. The van der Waals surface area contributed by atoms with E-state index in [0.717, 1.165) is 30.2 Å². The van der Waals surface area contributed by atoms with Crippen LogP contribution in [0.3, 0.4) is 0 Å². The van der Waals surface area contributed by atoms with Gasteiger partial charge in [-0.15, -0.1) is 11.3 Å². The maximum Gasteiger partial charge on any atom is 0.265 e. The minimum Gasteiger partial charge on any atom is -0.335 e. The number of nitrogens with one attached hydrogen (secondary N) is 1. The second-order valence-corrected chi connectivity index (χ2v) is 6.64. The summed E-state index contributed by atoms with van der Waals surface area (Å²) >= 11 is 1.42. The largest absolute Gasteiger partial charge is 0.335 e. The molecule has 1 fully saturated rings. The van der Waals surface area contributed by atoms with Crippen molar-refractivity contribution in [1.82, 2.24) is 15.2 Å². The van der Waals surface area contributed by atoms with Gasteiger partial charge < -0.3 is 10.2 Å². The van der Waals surface area contributed by atoms with Crippen molar-refractivity contribution in [2.24, 2.45) is 0 Å². The maximum absolute atomic E-state index is 12.9. The zero-order valence-electron chi connectivity index (χ0n) is 12.4. The van der Waals surface area contributed by atoms with Gasteiger partial charge in [0.25, 0.3) is 5.91 Å². The van der Waals surface area contributed by atoms with E-state index in [1.54, 1.807) is 18.3 Å². The number of benzene rings is 1. The third-order valence-electron chi connectivity index (χ3n) is 3.69. The topological polar surface area (TPSA) is 45.2 Å². The minimum absolute atomic E-state index is 0.0520. The quantitative estimate of drug-likeness (QED) is 0.944. The van der Waals surface area contributed by atoms with Crippen LogP contribution in [0.5, 0.6) is 0 Å². The Labute approximate surface area is 133 Å². The molecule has 0 unspecified atom stereocenters. The molecule has 1 aromatic heterocycles. The van der Waals surface area contributed by atoms with E-state index in [0.29, 0.717) is 17.3 Å². The monoisotopic (exact) mass is 319 g/mol. The Balaban J connectivity index is 1.67. The predicted molar refractivity (Wildman–Crippen MR) is 84.7 cm³/mol. The molecule has 0 radical (unpaired) electrons. The highest BCUT2D eigenvalue weighted by Gasteiger charge is 2.23.